The number of rotatable bonds is 3. The highest BCUT2D eigenvalue weighted by atomic mass is 35.5. The molecule has 2 heterocycles. The summed E-state index contributed by atoms with van der Waals surface area (Å²) in [5.74, 6) is -0.475. The minimum atomic E-state index is -1.08. The maximum absolute atomic E-state index is 11.0. The van der Waals surface area contributed by atoms with E-state index in [1.165, 1.54) is 18.2 Å². The summed E-state index contributed by atoms with van der Waals surface area (Å²) in [5.41, 5.74) is 0.903. The molecule has 0 unspecified atom stereocenters. The van der Waals surface area contributed by atoms with Crippen molar-refractivity contribution in [1.82, 2.24) is 10.1 Å². The highest BCUT2D eigenvalue weighted by Gasteiger charge is 2.19. The molecule has 0 saturated heterocycles. The highest BCUT2D eigenvalue weighted by molar-refractivity contribution is 6.39. The van der Waals surface area contributed by atoms with E-state index in [1.54, 1.807) is 18.2 Å². The van der Waals surface area contributed by atoms with Gasteiger partial charge in [-0.1, -0.05) is 40.0 Å². The zero-order valence-electron chi connectivity index (χ0n) is 12.7. The van der Waals surface area contributed by atoms with Gasteiger partial charge < -0.3 is 14.0 Å². The van der Waals surface area contributed by atoms with E-state index in [0.717, 1.165) is 0 Å². The van der Waals surface area contributed by atoms with Gasteiger partial charge in [-0.05, 0) is 36.4 Å². The van der Waals surface area contributed by atoms with Gasteiger partial charge in [0.15, 0.2) is 11.3 Å². The van der Waals surface area contributed by atoms with Gasteiger partial charge >= 0.3 is 5.97 Å². The summed E-state index contributed by atoms with van der Waals surface area (Å²) >= 11 is 18.4. The monoisotopic (exact) mass is 408 g/mol. The topological polar surface area (TPSA) is 89.4 Å². The molecule has 26 heavy (non-hydrogen) atoms. The van der Waals surface area contributed by atoms with E-state index in [2.05, 4.69) is 10.1 Å². The number of furan rings is 1. The molecule has 6 nitrogen and oxygen atoms in total. The molecule has 0 aliphatic rings. The van der Waals surface area contributed by atoms with Crippen LogP contribution in [0.2, 0.25) is 15.1 Å². The fourth-order valence-electron chi connectivity index (χ4n) is 2.43. The maximum atomic E-state index is 11.0. The zero-order chi connectivity index (χ0) is 18.4. The number of nitrogens with zero attached hydrogens (tertiary/aromatic N) is 2. The lowest BCUT2D eigenvalue weighted by Crippen LogP contribution is -1.96. The average Bonchev–Trinajstić information content (AvgIpc) is 3.25. The van der Waals surface area contributed by atoms with Crippen molar-refractivity contribution >= 4 is 51.7 Å². The third kappa shape index (κ3) is 2.82. The van der Waals surface area contributed by atoms with Gasteiger partial charge in [0.2, 0.25) is 5.82 Å². The van der Waals surface area contributed by atoms with Crippen LogP contribution in [0, 0.1) is 0 Å². The Kier molecular flexibility index (Phi) is 4.11. The van der Waals surface area contributed by atoms with E-state index in [0.29, 0.717) is 32.3 Å². The number of aromatic nitrogens is 2. The number of carbonyl (C=O) groups is 1. The first-order valence-corrected chi connectivity index (χ1v) is 8.32. The van der Waals surface area contributed by atoms with Crippen molar-refractivity contribution in [3.05, 3.63) is 57.0 Å². The van der Waals surface area contributed by atoms with Crippen molar-refractivity contribution in [2.75, 3.05) is 0 Å². The zero-order valence-corrected chi connectivity index (χ0v) is 14.9. The largest absolute Gasteiger partial charge is 0.478 e. The summed E-state index contributed by atoms with van der Waals surface area (Å²) in [6.07, 6.45) is 0. The fraction of sp³-hybridized carbons (Fsp3) is 0. The molecule has 0 spiro atoms. The molecular formula is C17H7Cl3N2O4. The van der Waals surface area contributed by atoms with Crippen LogP contribution in [-0.4, -0.2) is 21.2 Å². The molecule has 4 rings (SSSR count). The van der Waals surface area contributed by atoms with Gasteiger partial charge in [0.05, 0.1) is 20.6 Å². The van der Waals surface area contributed by atoms with E-state index in [-0.39, 0.29) is 22.3 Å². The summed E-state index contributed by atoms with van der Waals surface area (Å²) in [5, 5.41) is 14.6. The number of carboxylic acid groups (broad SMARTS) is 1. The molecular weight excluding hydrogens is 403 g/mol. The van der Waals surface area contributed by atoms with Crippen LogP contribution in [-0.2, 0) is 0 Å². The minimum absolute atomic E-state index is 0.0593. The first kappa shape index (κ1) is 16.9. The lowest BCUT2D eigenvalue weighted by atomic mass is 10.1. The van der Waals surface area contributed by atoms with E-state index >= 15 is 0 Å². The molecule has 9 heteroatoms. The van der Waals surface area contributed by atoms with Gasteiger partial charge in [0.1, 0.15) is 0 Å². The SMILES string of the molecule is O=C(O)c1ccc(-c2noc(-c3cc4c(Cl)ccc(Cl)c4o3)n2)c(Cl)c1. The molecule has 4 aromatic rings. The number of hydrogen-bond donors (Lipinski definition) is 1. The Morgan fingerprint density at radius 1 is 1.00 bits per heavy atom. The van der Waals surface area contributed by atoms with Crippen molar-refractivity contribution in [2.45, 2.75) is 0 Å². The highest BCUT2D eigenvalue weighted by Crippen LogP contribution is 2.36. The summed E-state index contributed by atoms with van der Waals surface area (Å²) < 4.78 is 10.9. The van der Waals surface area contributed by atoms with Gasteiger partial charge in [-0.25, -0.2) is 4.79 Å². The van der Waals surface area contributed by atoms with Crippen molar-refractivity contribution in [3.63, 3.8) is 0 Å². The second-order valence-electron chi connectivity index (χ2n) is 5.31. The van der Waals surface area contributed by atoms with E-state index in [9.17, 15) is 4.79 Å². The fourth-order valence-corrected chi connectivity index (χ4v) is 3.10. The third-order valence-electron chi connectivity index (χ3n) is 3.68. The van der Waals surface area contributed by atoms with Crippen molar-refractivity contribution < 1.29 is 18.8 Å². The molecule has 2 aromatic carbocycles. The average molecular weight is 410 g/mol. The van der Waals surface area contributed by atoms with Crippen LogP contribution in [0.3, 0.4) is 0 Å². The van der Waals surface area contributed by atoms with E-state index in [1.807, 2.05) is 0 Å². The van der Waals surface area contributed by atoms with Crippen LogP contribution in [0.15, 0.2) is 45.3 Å². The first-order chi connectivity index (χ1) is 12.4. The molecule has 0 aliphatic carbocycles. The lowest BCUT2D eigenvalue weighted by Gasteiger charge is -2.00. The van der Waals surface area contributed by atoms with Crippen LogP contribution in [0.4, 0.5) is 0 Å². The predicted molar refractivity (Wildman–Crippen MR) is 96.9 cm³/mol. The van der Waals surface area contributed by atoms with Crippen LogP contribution < -0.4 is 0 Å². The van der Waals surface area contributed by atoms with Crippen molar-refractivity contribution in [1.29, 1.82) is 0 Å². The van der Waals surface area contributed by atoms with Gasteiger partial charge in [0.25, 0.3) is 5.89 Å². The summed E-state index contributed by atoms with van der Waals surface area (Å²) in [6.45, 7) is 0. The van der Waals surface area contributed by atoms with Crippen molar-refractivity contribution in [2.24, 2.45) is 0 Å². The minimum Gasteiger partial charge on any atom is -0.478 e. The van der Waals surface area contributed by atoms with Crippen LogP contribution >= 0.6 is 34.8 Å². The smallest absolute Gasteiger partial charge is 0.335 e. The first-order valence-electron chi connectivity index (χ1n) is 7.19. The molecule has 0 fully saturated rings. The third-order valence-corrected chi connectivity index (χ3v) is 4.62. The molecule has 0 saturated carbocycles. The molecule has 0 atom stereocenters. The normalized spacial score (nSPS) is 11.2. The number of fused-ring (bicyclic) bond motifs is 1. The maximum Gasteiger partial charge on any atom is 0.335 e. The number of halogens is 3. The molecule has 0 amide bonds. The van der Waals surface area contributed by atoms with Gasteiger partial charge in [-0.3, -0.25) is 0 Å². The van der Waals surface area contributed by atoms with E-state index in [4.69, 9.17) is 48.8 Å². The Balaban J connectivity index is 1.76. The predicted octanol–water partition coefficient (Wildman–Crippen LogP) is 5.81. The number of hydrogen-bond acceptors (Lipinski definition) is 5. The molecule has 2 aromatic heterocycles. The quantitative estimate of drug-likeness (QED) is 0.459. The Labute approximate surface area is 160 Å². The Hall–Kier alpha value is -2.54. The summed E-state index contributed by atoms with van der Waals surface area (Å²) in [4.78, 5) is 15.2. The Morgan fingerprint density at radius 3 is 2.46 bits per heavy atom. The molecule has 0 radical (unpaired) electrons. The molecule has 130 valence electrons. The Morgan fingerprint density at radius 2 is 1.77 bits per heavy atom. The van der Waals surface area contributed by atoms with E-state index < -0.39 is 5.97 Å². The van der Waals surface area contributed by atoms with Crippen LogP contribution in [0.25, 0.3) is 34.0 Å². The molecule has 0 bridgehead atoms. The molecule has 0 aliphatic heterocycles. The van der Waals surface area contributed by atoms with Gasteiger partial charge in [-0.2, -0.15) is 4.98 Å². The summed E-state index contributed by atoms with van der Waals surface area (Å²) in [6, 6.07) is 9.16. The number of aromatic carboxylic acids is 1. The second-order valence-corrected chi connectivity index (χ2v) is 6.53. The number of carboxylic acids is 1. The second kappa shape index (κ2) is 6.32. The van der Waals surface area contributed by atoms with Crippen LogP contribution in [0.1, 0.15) is 10.4 Å². The molecule has 1 N–H and O–H groups in total. The standard InChI is InChI=1S/C17H7Cl3N2O4/c18-10-3-4-11(19)14-9(10)6-13(25-14)16-21-15(22-26-16)8-2-1-7(17(23)24)5-12(8)20/h1-6H,(H,23,24). The lowest BCUT2D eigenvalue weighted by molar-refractivity contribution is 0.0697. The van der Waals surface area contributed by atoms with Crippen LogP contribution in [0.5, 0.6) is 0 Å². The van der Waals surface area contributed by atoms with Gasteiger partial charge in [-0.15, -0.1) is 0 Å². The van der Waals surface area contributed by atoms with Gasteiger partial charge in [0, 0.05) is 10.9 Å². The number of benzene rings is 2. The summed E-state index contributed by atoms with van der Waals surface area (Å²) in [7, 11) is 0. The van der Waals surface area contributed by atoms with Crippen molar-refractivity contribution in [3.8, 4) is 23.0 Å². The Bertz CT molecular complexity index is 1130.